The second-order valence-electron chi connectivity index (χ2n) is 3.94. The summed E-state index contributed by atoms with van der Waals surface area (Å²) in [6.07, 6.45) is 2.58. The number of rotatable bonds is 5. The lowest BCUT2D eigenvalue weighted by Crippen LogP contribution is -2.17. The van der Waals surface area contributed by atoms with E-state index in [0.717, 1.165) is 0 Å². The Morgan fingerprint density at radius 3 is 2.57 bits per heavy atom. The molecule has 1 aromatic heterocycles. The Balaban J connectivity index is 2.27. The number of nitro groups is 1. The molecular weight excluding hydrogens is 320 g/mol. The smallest absolute Gasteiger partial charge is 0.264 e. The van der Waals surface area contributed by atoms with Crippen molar-refractivity contribution in [3.63, 3.8) is 0 Å². The average molecular weight is 329 g/mol. The van der Waals surface area contributed by atoms with Gasteiger partial charge in [0.1, 0.15) is 5.75 Å². The summed E-state index contributed by atoms with van der Waals surface area (Å²) in [5.74, 6) is -0.699. The first kappa shape index (κ1) is 15.1. The van der Waals surface area contributed by atoms with Crippen LogP contribution in [-0.4, -0.2) is 23.3 Å². The molecule has 1 N–H and O–H groups in total. The van der Waals surface area contributed by atoms with Crippen LogP contribution in [0.5, 0.6) is 0 Å². The summed E-state index contributed by atoms with van der Waals surface area (Å²) < 4.78 is 26.2. The normalized spacial score (nSPS) is 11.1. The van der Waals surface area contributed by atoms with Gasteiger partial charge in [-0.3, -0.25) is 14.8 Å². The Kier molecular flexibility index (Phi) is 4.34. The third-order valence-corrected chi connectivity index (χ3v) is 3.91. The van der Waals surface area contributed by atoms with Crippen molar-refractivity contribution in [3.8, 4) is 0 Å². The molecule has 10 heteroatoms. The standard InChI is InChI=1S/C11H9ClN4O4S/c12-10-11(14-6-5-13-10)15-21(19,20)7-8-3-1-2-4-9(8)16(17)18/h1-6H,7H2,(H,14,15). The van der Waals surface area contributed by atoms with E-state index in [-0.39, 0.29) is 22.2 Å². The van der Waals surface area contributed by atoms with Crippen LogP contribution in [0.15, 0.2) is 36.7 Å². The fourth-order valence-electron chi connectivity index (χ4n) is 1.59. The lowest BCUT2D eigenvalue weighted by atomic mass is 10.2. The molecule has 0 amide bonds. The van der Waals surface area contributed by atoms with Crippen LogP contribution in [0.25, 0.3) is 0 Å². The van der Waals surface area contributed by atoms with Crippen LogP contribution in [0.1, 0.15) is 5.56 Å². The number of benzene rings is 1. The molecule has 0 atom stereocenters. The summed E-state index contributed by atoms with van der Waals surface area (Å²) in [6.45, 7) is 0. The largest absolute Gasteiger partial charge is 0.273 e. The molecule has 0 fully saturated rings. The van der Waals surface area contributed by atoms with Crippen molar-refractivity contribution >= 4 is 33.1 Å². The van der Waals surface area contributed by atoms with Crippen LogP contribution >= 0.6 is 11.6 Å². The second-order valence-corrected chi connectivity index (χ2v) is 6.02. The molecule has 0 saturated carbocycles. The number of halogens is 1. The van der Waals surface area contributed by atoms with Crippen molar-refractivity contribution in [2.45, 2.75) is 5.75 Å². The van der Waals surface area contributed by atoms with Gasteiger partial charge in [-0.1, -0.05) is 29.8 Å². The van der Waals surface area contributed by atoms with Crippen molar-refractivity contribution in [1.82, 2.24) is 9.97 Å². The van der Waals surface area contributed by atoms with Crippen molar-refractivity contribution in [2.75, 3.05) is 4.72 Å². The number of aromatic nitrogens is 2. The van der Waals surface area contributed by atoms with Crippen LogP contribution in [0.4, 0.5) is 11.5 Å². The molecule has 0 bridgehead atoms. The zero-order valence-electron chi connectivity index (χ0n) is 10.4. The predicted molar refractivity (Wildman–Crippen MR) is 76.4 cm³/mol. The topological polar surface area (TPSA) is 115 Å². The highest BCUT2D eigenvalue weighted by Crippen LogP contribution is 2.22. The van der Waals surface area contributed by atoms with Crippen LogP contribution in [0.2, 0.25) is 5.15 Å². The van der Waals surface area contributed by atoms with E-state index < -0.39 is 20.7 Å². The highest BCUT2D eigenvalue weighted by molar-refractivity contribution is 7.91. The molecule has 0 aliphatic carbocycles. The maximum absolute atomic E-state index is 12.0. The predicted octanol–water partition coefficient (Wildman–Crippen LogP) is 1.98. The fourth-order valence-corrected chi connectivity index (χ4v) is 2.97. The van der Waals surface area contributed by atoms with Crippen molar-refractivity contribution < 1.29 is 13.3 Å². The van der Waals surface area contributed by atoms with Gasteiger partial charge in [0, 0.05) is 24.0 Å². The van der Waals surface area contributed by atoms with Gasteiger partial charge in [-0.2, -0.15) is 0 Å². The van der Waals surface area contributed by atoms with Gasteiger partial charge in [-0.15, -0.1) is 0 Å². The van der Waals surface area contributed by atoms with Crippen molar-refractivity contribution in [3.05, 3.63) is 57.5 Å². The Morgan fingerprint density at radius 2 is 1.90 bits per heavy atom. The molecule has 0 saturated heterocycles. The SMILES string of the molecule is O=[N+]([O-])c1ccccc1CS(=O)(=O)Nc1nccnc1Cl. The summed E-state index contributed by atoms with van der Waals surface area (Å²) >= 11 is 5.71. The molecule has 2 rings (SSSR count). The van der Waals surface area contributed by atoms with E-state index in [0.29, 0.717) is 0 Å². The molecule has 8 nitrogen and oxygen atoms in total. The van der Waals surface area contributed by atoms with Gasteiger partial charge in [0.2, 0.25) is 10.0 Å². The molecule has 0 unspecified atom stereocenters. The first-order chi connectivity index (χ1) is 9.89. The van der Waals surface area contributed by atoms with E-state index in [1.807, 2.05) is 0 Å². The molecule has 1 heterocycles. The molecule has 21 heavy (non-hydrogen) atoms. The molecular formula is C11H9ClN4O4S. The molecule has 110 valence electrons. The van der Waals surface area contributed by atoms with Gasteiger partial charge in [0.15, 0.2) is 11.0 Å². The number of nitrogens with one attached hydrogen (secondary N) is 1. The van der Waals surface area contributed by atoms with E-state index in [2.05, 4.69) is 14.7 Å². The fraction of sp³-hybridized carbons (Fsp3) is 0.0909. The minimum atomic E-state index is -3.91. The zero-order valence-corrected chi connectivity index (χ0v) is 12.0. The number of nitrogens with zero attached hydrogens (tertiary/aromatic N) is 3. The summed E-state index contributed by atoms with van der Waals surface area (Å²) in [5, 5.41) is 10.8. The second kappa shape index (κ2) is 6.02. The number of hydrogen-bond acceptors (Lipinski definition) is 6. The van der Waals surface area contributed by atoms with Gasteiger partial charge >= 0.3 is 0 Å². The minimum Gasteiger partial charge on any atom is -0.264 e. The average Bonchev–Trinajstić information content (AvgIpc) is 2.41. The summed E-state index contributed by atoms with van der Waals surface area (Å²) in [7, 11) is -3.91. The Morgan fingerprint density at radius 1 is 1.24 bits per heavy atom. The van der Waals surface area contributed by atoms with E-state index in [9.17, 15) is 18.5 Å². The summed E-state index contributed by atoms with van der Waals surface area (Å²) in [5.41, 5.74) is -0.205. The van der Waals surface area contributed by atoms with E-state index >= 15 is 0 Å². The Bertz CT molecular complexity index is 781. The Hall–Kier alpha value is -2.26. The summed E-state index contributed by atoms with van der Waals surface area (Å²) in [4.78, 5) is 17.7. The third kappa shape index (κ3) is 3.86. The molecule has 1 aromatic carbocycles. The lowest BCUT2D eigenvalue weighted by molar-refractivity contribution is -0.385. The Labute approximate surface area is 125 Å². The van der Waals surface area contributed by atoms with Gasteiger partial charge < -0.3 is 0 Å². The number of hydrogen-bond donors (Lipinski definition) is 1. The monoisotopic (exact) mass is 328 g/mol. The molecule has 2 aromatic rings. The first-order valence-electron chi connectivity index (χ1n) is 5.58. The van der Waals surface area contributed by atoms with Crippen LogP contribution in [-0.2, 0) is 15.8 Å². The van der Waals surface area contributed by atoms with Gasteiger partial charge in [-0.05, 0) is 0 Å². The zero-order chi connectivity index (χ0) is 15.5. The van der Waals surface area contributed by atoms with Gasteiger partial charge in [-0.25, -0.2) is 18.4 Å². The number of sulfonamides is 1. The first-order valence-corrected chi connectivity index (χ1v) is 7.61. The molecule has 0 aliphatic rings. The van der Waals surface area contributed by atoms with Crippen LogP contribution in [0.3, 0.4) is 0 Å². The number of para-hydroxylation sites is 1. The number of anilines is 1. The molecule has 0 radical (unpaired) electrons. The van der Waals surface area contributed by atoms with Crippen LogP contribution in [0, 0.1) is 10.1 Å². The molecule has 0 aliphatic heterocycles. The highest BCUT2D eigenvalue weighted by atomic mass is 35.5. The van der Waals surface area contributed by atoms with Gasteiger partial charge in [0.05, 0.1) is 4.92 Å². The minimum absolute atomic E-state index is 0.0648. The van der Waals surface area contributed by atoms with Crippen LogP contribution < -0.4 is 4.72 Å². The lowest BCUT2D eigenvalue weighted by Gasteiger charge is -2.08. The van der Waals surface area contributed by atoms with E-state index in [1.54, 1.807) is 0 Å². The maximum atomic E-state index is 12.0. The van der Waals surface area contributed by atoms with Gasteiger partial charge in [0.25, 0.3) is 5.69 Å². The number of nitro benzene ring substituents is 1. The molecule has 0 spiro atoms. The van der Waals surface area contributed by atoms with E-state index in [4.69, 9.17) is 11.6 Å². The third-order valence-electron chi connectivity index (χ3n) is 2.44. The van der Waals surface area contributed by atoms with Crippen molar-refractivity contribution in [2.24, 2.45) is 0 Å². The van der Waals surface area contributed by atoms with Crippen molar-refractivity contribution in [1.29, 1.82) is 0 Å². The van der Waals surface area contributed by atoms with E-state index in [1.165, 1.54) is 36.7 Å². The highest BCUT2D eigenvalue weighted by Gasteiger charge is 2.21. The maximum Gasteiger partial charge on any atom is 0.273 e. The quantitative estimate of drug-likeness (QED) is 0.662. The summed E-state index contributed by atoms with van der Waals surface area (Å²) in [6, 6.07) is 5.59.